The first kappa shape index (κ1) is 23.2. The fourth-order valence-corrected chi connectivity index (χ4v) is 7.05. The Morgan fingerprint density at radius 2 is 0.658 bits per heavy atom. The van der Waals surface area contributed by atoms with E-state index in [0.717, 1.165) is 0 Å². The van der Waals surface area contributed by atoms with Crippen molar-refractivity contribution < 1.29 is 0 Å². The van der Waals surface area contributed by atoms with Crippen LogP contribution in [0.25, 0.3) is 63.3 Å². The molecule has 0 nitrogen and oxygen atoms in total. The summed E-state index contributed by atoms with van der Waals surface area (Å²) in [6, 6.07) is 45.0. The molecule has 7 aromatic rings. The summed E-state index contributed by atoms with van der Waals surface area (Å²) in [7, 11) is 0. The first-order valence-corrected chi connectivity index (χ1v) is 14.5. The second-order valence-electron chi connectivity index (χ2n) is 10.0. The second-order valence-corrected chi connectivity index (χ2v) is 12.2. The zero-order valence-electron chi connectivity index (χ0n) is 21.4. The summed E-state index contributed by atoms with van der Waals surface area (Å²) in [4.78, 5) is 5.23. The van der Waals surface area contributed by atoms with Crippen LogP contribution in [-0.4, -0.2) is 0 Å². The lowest BCUT2D eigenvalue weighted by Crippen LogP contribution is -1.80. The molecule has 2 heterocycles. The number of hydrogen-bond donors (Lipinski definition) is 0. The van der Waals surface area contributed by atoms with Crippen molar-refractivity contribution >= 4 is 44.2 Å². The van der Waals surface area contributed by atoms with Crippen molar-refractivity contribution in [2.45, 2.75) is 13.8 Å². The van der Waals surface area contributed by atoms with Crippen LogP contribution in [0.5, 0.6) is 0 Å². The van der Waals surface area contributed by atoms with Crippen LogP contribution in [0.2, 0.25) is 0 Å². The summed E-state index contributed by atoms with van der Waals surface area (Å²) >= 11 is 3.72. The molecular formula is C36H26S2. The maximum Gasteiger partial charge on any atom is 0.0349 e. The lowest BCUT2D eigenvalue weighted by atomic mass is 9.99. The molecule has 0 aliphatic rings. The van der Waals surface area contributed by atoms with E-state index >= 15 is 0 Å². The zero-order chi connectivity index (χ0) is 25.6. The van der Waals surface area contributed by atoms with Gasteiger partial charge in [0.15, 0.2) is 0 Å². The standard InChI is InChI=1S/C36H26S2/c1-23-3-7-25(8-4-23)33-15-17-35(37-33)29-13-11-27-20-32-22-30(14-12-28(32)19-31(27)21-29)36-18-16-34(38-36)26-9-5-24(2)6-10-26/h3-22H,1-2H3. The van der Waals surface area contributed by atoms with Crippen molar-refractivity contribution in [3.63, 3.8) is 0 Å². The van der Waals surface area contributed by atoms with Crippen molar-refractivity contribution in [2.24, 2.45) is 0 Å². The van der Waals surface area contributed by atoms with E-state index < -0.39 is 0 Å². The highest BCUT2D eigenvalue weighted by Gasteiger charge is 2.09. The van der Waals surface area contributed by atoms with Gasteiger partial charge < -0.3 is 0 Å². The van der Waals surface area contributed by atoms with Crippen molar-refractivity contribution in [1.29, 1.82) is 0 Å². The summed E-state index contributed by atoms with van der Waals surface area (Å²) < 4.78 is 0. The predicted octanol–water partition coefficient (Wildman–Crippen LogP) is 11.4. The molecule has 38 heavy (non-hydrogen) atoms. The molecule has 0 radical (unpaired) electrons. The van der Waals surface area contributed by atoms with Gasteiger partial charge in [-0.05, 0) is 106 Å². The molecule has 0 spiro atoms. The van der Waals surface area contributed by atoms with Crippen LogP contribution in [-0.2, 0) is 0 Å². The Bertz CT molecular complexity index is 1770. The van der Waals surface area contributed by atoms with Gasteiger partial charge in [-0.3, -0.25) is 0 Å². The molecule has 5 aromatic carbocycles. The number of rotatable bonds is 4. The number of fused-ring (bicyclic) bond motifs is 2. The minimum Gasteiger partial charge on any atom is -0.135 e. The molecular weight excluding hydrogens is 497 g/mol. The Balaban J connectivity index is 1.20. The number of aryl methyl sites for hydroxylation is 2. The Hall–Kier alpha value is -3.98. The van der Waals surface area contributed by atoms with E-state index in [0.29, 0.717) is 0 Å². The monoisotopic (exact) mass is 522 g/mol. The van der Waals surface area contributed by atoms with Gasteiger partial charge in [0, 0.05) is 19.5 Å². The van der Waals surface area contributed by atoms with Crippen LogP contribution < -0.4 is 0 Å². The average Bonchev–Trinajstić information content (AvgIpc) is 3.63. The third-order valence-electron chi connectivity index (χ3n) is 7.25. The first-order chi connectivity index (χ1) is 18.6. The fraction of sp³-hybridized carbons (Fsp3) is 0.0556. The molecule has 0 fully saturated rings. The minimum atomic E-state index is 1.28. The molecule has 0 amide bonds. The van der Waals surface area contributed by atoms with Crippen molar-refractivity contribution in [1.82, 2.24) is 0 Å². The van der Waals surface area contributed by atoms with E-state index in [1.54, 1.807) is 0 Å². The maximum atomic E-state index is 2.33. The van der Waals surface area contributed by atoms with Crippen LogP contribution >= 0.6 is 22.7 Å². The SMILES string of the molecule is Cc1ccc(-c2ccc(-c3ccc4cc5cc(-c6ccc(-c7ccc(C)cc7)s6)ccc5cc4c3)s2)cc1. The van der Waals surface area contributed by atoms with Gasteiger partial charge in [0.05, 0.1) is 0 Å². The predicted molar refractivity (Wildman–Crippen MR) is 168 cm³/mol. The van der Waals surface area contributed by atoms with E-state index in [9.17, 15) is 0 Å². The molecule has 0 aliphatic carbocycles. The summed E-state index contributed by atoms with van der Waals surface area (Å²) in [5.41, 5.74) is 7.71. The molecule has 2 heteroatoms. The molecule has 0 saturated heterocycles. The second kappa shape index (κ2) is 9.40. The van der Waals surface area contributed by atoms with E-state index in [2.05, 4.69) is 135 Å². The highest BCUT2D eigenvalue weighted by Crippen LogP contribution is 2.38. The lowest BCUT2D eigenvalue weighted by molar-refractivity contribution is 1.48. The normalized spacial score (nSPS) is 11.4. The fourth-order valence-electron chi connectivity index (χ4n) is 5.04. The van der Waals surface area contributed by atoms with E-state index in [-0.39, 0.29) is 0 Å². The highest BCUT2D eigenvalue weighted by molar-refractivity contribution is 7.19. The lowest BCUT2D eigenvalue weighted by Gasteiger charge is -2.07. The van der Waals surface area contributed by atoms with Gasteiger partial charge >= 0.3 is 0 Å². The molecule has 0 atom stereocenters. The Kier molecular flexibility index (Phi) is 5.73. The van der Waals surface area contributed by atoms with Crippen molar-refractivity contribution in [2.75, 3.05) is 0 Å². The molecule has 182 valence electrons. The number of hydrogen-bond acceptors (Lipinski definition) is 2. The van der Waals surface area contributed by atoms with Crippen LogP contribution in [0.4, 0.5) is 0 Å². The van der Waals surface area contributed by atoms with Crippen molar-refractivity contribution in [3.05, 3.63) is 132 Å². The molecule has 0 N–H and O–H groups in total. The van der Waals surface area contributed by atoms with Crippen LogP contribution in [0.15, 0.2) is 121 Å². The summed E-state index contributed by atoms with van der Waals surface area (Å²) in [5.74, 6) is 0. The topological polar surface area (TPSA) is 0 Å². The summed E-state index contributed by atoms with van der Waals surface area (Å²) in [6.45, 7) is 4.27. The Morgan fingerprint density at radius 1 is 0.316 bits per heavy atom. The van der Waals surface area contributed by atoms with Gasteiger partial charge in [-0.15, -0.1) is 22.7 Å². The van der Waals surface area contributed by atoms with E-state index in [4.69, 9.17) is 0 Å². The number of thiophene rings is 2. The Morgan fingerprint density at radius 3 is 1.05 bits per heavy atom. The largest absolute Gasteiger partial charge is 0.135 e. The van der Waals surface area contributed by atoms with E-state index in [1.807, 2.05) is 22.7 Å². The van der Waals surface area contributed by atoms with Crippen LogP contribution in [0, 0.1) is 13.8 Å². The average molecular weight is 523 g/mol. The Labute approximate surface area is 231 Å². The smallest absolute Gasteiger partial charge is 0.0349 e. The number of benzene rings is 5. The van der Waals surface area contributed by atoms with Gasteiger partial charge in [0.25, 0.3) is 0 Å². The van der Waals surface area contributed by atoms with Gasteiger partial charge in [-0.25, -0.2) is 0 Å². The van der Waals surface area contributed by atoms with Crippen LogP contribution in [0.3, 0.4) is 0 Å². The maximum absolute atomic E-state index is 2.33. The molecule has 7 rings (SSSR count). The highest BCUT2D eigenvalue weighted by atomic mass is 32.1. The third-order valence-corrected chi connectivity index (χ3v) is 9.62. The molecule has 0 unspecified atom stereocenters. The molecule has 2 aromatic heterocycles. The molecule has 0 bridgehead atoms. The summed E-state index contributed by atoms with van der Waals surface area (Å²) in [5, 5.41) is 5.12. The molecule has 0 saturated carbocycles. The third kappa shape index (κ3) is 4.36. The molecule has 0 aliphatic heterocycles. The summed E-state index contributed by atoms with van der Waals surface area (Å²) in [6.07, 6.45) is 0. The zero-order valence-corrected chi connectivity index (χ0v) is 23.0. The van der Waals surface area contributed by atoms with Gasteiger partial charge in [0.1, 0.15) is 0 Å². The van der Waals surface area contributed by atoms with Crippen LogP contribution in [0.1, 0.15) is 11.1 Å². The van der Waals surface area contributed by atoms with Gasteiger partial charge in [-0.2, -0.15) is 0 Å². The van der Waals surface area contributed by atoms with Gasteiger partial charge in [0.2, 0.25) is 0 Å². The minimum absolute atomic E-state index is 1.28. The quantitative estimate of drug-likeness (QED) is 0.202. The first-order valence-electron chi connectivity index (χ1n) is 12.9. The van der Waals surface area contributed by atoms with Gasteiger partial charge in [-0.1, -0.05) is 83.9 Å². The van der Waals surface area contributed by atoms with E-state index in [1.165, 1.54) is 74.4 Å². The van der Waals surface area contributed by atoms with Crippen molar-refractivity contribution in [3.8, 4) is 41.8 Å².